The number of aromatic nitrogens is 2. The van der Waals surface area contributed by atoms with E-state index in [0.717, 1.165) is 17.3 Å². The van der Waals surface area contributed by atoms with Gasteiger partial charge in [-0.3, -0.25) is 0 Å². The van der Waals surface area contributed by atoms with Crippen LogP contribution in [-0.2, 0) is 22.3 Å². The van der Waals surface area contributed by atoms with E-state index in [4.69, 9.17) is 0 Å². The van der Waals surface area contributed by atoms with Crippen LogP contribution in [0.25, 0.3) is 0 Å². The summed E-state index contributed by atoms with van der Waals surface area (Å²) in [6.07, 6.45) is 3.72. The van der Waals surface area contributed by atoms with Crippen molar-refractivity contribution in [1.29, 1.82) is 0 Å². The molecule has 1 heterocycles. The fourth-order valence-corrected chi connectivity index (χ4v) is 3.77. The summed E-state index contributed by atoms with van der Waals surface area (Å²) < 4.78 is 27.5. The summed E-state index contributed by atoms with van der Waals surface area (Å²) >= 11 is 1.60. The highest BCUT2D eigenvalue weighted by molar-refractivity contribution is 7.98. The number of hydrogen-bond donors (Lipinski definition) is 0. The lowest BCUT2D eigenvalue weighted by atomic mass is 10.2. The van der Waals surface area contributed by atoms with Crippen LogP contribution < -0.4 is 0 Å². The molecule has 0 aliphatic rings. The molecule has 0 radical (unpaired) electrons. The number of thioether (sulfide) groups is 1. The van der Waals surface area contributed by atoms with Crippen molar-refractivity contribution in [1.82, 2.24) is 13.9 Å². The maximum atomic E-state index is 12.1. The van der Waals surface area contributed by atoms with Crippen LogP contribution in [0.15, 0.2) is 46.7 Å². The number of nitrogens with zero attached hydrogens (tertiary/aromatic N) is 3. The fraction of sp³-hybridized carbons (Fsp3) is 0.357. The normalized spacial score (nSPS) is 12.0. The lowest BCUT2D eigenvalue weighted by Gasteiger charge is -2.12. The lowest BCUT2D eigenvalue weighted by molar-refractivity contribution is 0.520. The zero-order chi connectivity index (χ0) is 15.5. The molecule has 1 aromatic carbocycles. The highest BCUT2D eigenvalue weighted by Crippen LogP contribution is 2.23. The molecule has 2 aromatic rings. The molecule has 5 nitrogen and oxygen atoms in total. The minimum atomic E-state index is -3.38. The van der Waals surface area contributed by atoms with E-state index in [1.165, 1.54) is 18.4 Å². The first-order valence-electron chi connectivity index (χ1n) is 6.60. The van der Waals surface area contributed by atoms with Crippen LogP contribution in [0.4, 0.5) is 0 Å². The van der Waals surface area contributed by atoms with Crippen molar-refractivity contribution in [3.8, 4) is 0 Å². The molecule has 0 spiro atoms. The van der Waals surface area contributed by atoms with Crippen LogP contribution >= 0.6 is 11.8 Å². The average molecular weight is 325 g/mol. The van der Waals surface area contributed by atoms with Crippen LogP contribution in [-0.4, -0.2) is 36.4 Å². The second-order valence-electron chi connectivity index (χ2n) is 4.72. The molecule has 0 N–H and O–H groups in total. The van der Waals surface area contributed by atoms with Gasteiger partial charge in [0.1, 0.15) is 0 Å². The highest BCUT2D eigenvalue weighted by Gasteiger charge is 2.17. The largest absolute Gasteiger partial charge is 0.326 e. The van der Waals surface area contributed by atoms with E-state index in [2.05, 4.69) is 16.5 Å². The van der Waals surface area contributed by atoms with Crippen LogP contribution in [0.2, 0.25) is 0 Å². The second kappa shape index (κ2) is 6.64. The van der Waals surface area contributed by atoms with Gasteiger partial charge in [-0.25, -0.2) is 17.7 Å². The zero-order valence-electron chi connectivity index (χ0n) is 12.4. The molecule has 0 saturated carbocycles. The Bertz CT molecular complexity index is 709. The standard InChI is InChI=1S/C14H19N3O2S2/c1-4-17-9-8-15-14(17)20-11-12-6-5-7-13(10-12)21(18,19)16(2)3/h5-10H,4,11H2,1-3H3. The molecule has 21 heavy (non-hydrogen) atoms. The third-order valence-corrected chi connectivity index (χ3v) is 5.95. The van der Waals surface area contributed by atoms with Gasteiger partial charge >= 0.3 is 0 Å². The van der Waals surface area contributed by atoms with Crippen molar-refractivity contribution < 1.29 is 8.42 Å². The Morgan fingerprint density at radius 1 is 1.33 bits per heavy atom. The first-order valence-corrected chi connectivity index (χ1v) is 9.03. The molecular formula is C14H19N3O2S2. The number of benzene rings is 1. The number of rotatable bonds is 6. The number of sulfonamides is 1. The summed E-state index contributed by atoms with van der Waals surface area (Å²) in [6, 6.07) is 7.05. The van der Waals surface area contributed by atoms with Gasteiger partial charge < -0.3 is 4.57 Å². The number of hydrogen-bond acceptors (Lipinski definition) is 4. The van der Waals surface area contributed by atoms with Crippen molar-refractivity contribution in [2.75, 3.05) is 14.1 Å². The van der Waals surface area contributed by atoms with Crippen LogP contribution in [0.1, 0.15) is 12.5 Å². The van der Waals surface area contributed by atoms with Gasteiger partial charge in [0.25, 0.3) is 0 Å². The molecule has 0 fully saturated rings. The first-order chi connectivity index (χ1) is 9.95. The fourth-order valence-electron chi connectivity index (χ4n) is 1.83. The summed E-state index contributed by atoms with van der Waals surface area (Å²) in [6.45, 7) is 2.94. The number of imidazole rings is 1. The second-order valence-corrected chi connectivity index (χ2v) is 7.81. The van der Waals surface area contributed by atoms with Gasteiger partial charge in [0, 0.05) is 38.8 Å². The van der Waals surface area contributed by atoms with E-state index < -0.39 is 10.0 Å². The summed E-state index contributed by atoms with van der Waals surface area (Å²) in [4.78, 5) is 4.62. The molecule has 7 heteroatoms. The molecule has 0 amide bonds. The Morgan fingerprint density at radius 2 is 2.10 bits per heavy atom. The van der Waals surface area contributed by atoms with E-state index in [1.807, 2.05) is 12.3 Å². The van der Waals surface area contributed by atoms with Crippen molar-refractivity contribution in [3.05, 3.63) is 42.2 Å². The van der Waals surface area contributed by atoms with Gasteiger partial charge in [0.15, 0.2) is 5.16 Å². The van der Waals surface area contributed by atoms with Crippen LogP contribution in [0.3, 0.4) is 0 Å². The van der Waals surface area contributed by atoms with Crippen LogP contribution in [0, 0.1) is 0 Å². The quantitative estimate of drug-likeness (QED) is 0.766. The Morgan fingerprint density at radius 3 is 2.76 bits per heavy atom. The minimum Gasteiger partial charge on any atom is -0.326 e. The molecule has 0 aliphatic carbocycles. The molecule has 0 aliphatic heterocycles. The Kier molecular flexibility index (Phi) is 5.08. The maximum absolute atomic E-state index is 12.1. The average Bonchev–Trinajstić information content (AvgIpc) is 2.92. The topological polar surface area (TPSA) is 55.2 Å². The molecule has 1 aromatic heterocycles. The third kappa shape index (κ3) is 3.66. The molecule has 0 saturated heterocycles. The van der Waals surface area contributed by atoms with E-state index in [0.29, 0.717) is 10.6 Å². The van der Waals surface area contributed by atoms with Crippen molar-refractivity contribution in [3.63, 3.8) is 0 Å². The van der Waals surface area contributed by atoms with E-state index >= 15 is 0 Å². The van der Waals surface area contributed by atoms with Crippen molar-refractivity contribution in [2.24, 2.45) is 0 Å². The van der Waals surface area contributed by atoms with Gasteiger partial charge in [-0.15, -0.1) is 0 Å². The smallest absolute Gasteiger partial charge is 0.242 e. The third-order valence-electron chi connectivity index (χ3n) is 3.06. The van der Waals surface area contributed by atoms with E-state index in [9.17, 15) is 8.42 Å². The maximum Gasteiger partial charge on any atom is 0.242 e. The molecule has 114 valence electrons. The Hall–Kier alpha value is -1.31. The molecule has 0 bridgehead atoms. The monoisotopic (exact) mass is 325 g/mol. The molecule has 2 rings (SSSR count). The highest BCUT2D eigenvalue weighted by atomic mass is 32.2. The summed E-state index contributed by atoms with van der Waals surface area (Å²) in [5.41, 5.74) is 0.966. The minimum absolute atomic E-state index is 0.324. The summed E-state index contributed by atoms with van der Waals surface area (Å²) in [5, 5.41) is 0.943. The predicted molar refractivity (Wildman–Crippen MR) is 84.8 cm³/mol. The summed E-state index contributed by atoms with van der Waals surface area (Å²) in [7, 11) is -0.308. The molecule has 0 unspecified atom stereocenters. The SMILES string of the molecule is CCn1ccnc1SCc1cccc(S(=O)(=O)N(C)C)c1. The van der Waals surface area contributed by atoms with Gasteiger partial charge in [0.05, 0.1) is 4.90 Å². The van der Waals surface area contributed by atoms with Gasteiger partial charge in [0.2, 0.25) is 10.0 Å². The zero-order valence-corrected chi connectivity index (χ0v) is 14.0. The van der Waals surface area contributed by atoms with E-state index in [-0.39, 0.29) is 0 Å². The predicted octanol–water partition coefficient (Wildman–Crippen LogP) is 2.45. The lowest BCUT2D eigenvalue weighted by Crippen LogP contribution is -2.22. The number of aryl methyl sites for hydroxylation is 1. The van der Waals surface area contributed by atoms with Crippen LogP contribution in [0.5, 0.6) is 0 Å². The van der Waals surface area contributed by atoms with E-state index in [1.54, 1.807) is 36.2 Å². The Labute approximate surface area is 130 Å². The van der Waals surface area contributed by atoms with Gasteiger partial charge in [-0.1, -0.05) is 23.9 Å². The van der Waals surface area contributed by atoms with Gasteiger partial charge in [-0.2, -0.15) is 0 Å². The van der Waals surface area contributed by atoms with Crippen molar-refractivity contribution in [2.45, 2.75) is 29.3 Å². The molecular weight excluding hydrogens is 306 g/mol. The summed E-state index contributed by atoms with van der Waals surface area (Å²) in [5.74, 6) is 0.688. The molecule has 0 atom stereocenters. The Balaban J connectivity index is 2.16. The van der Waals surface area contributed by atoms with Gasteiger partial charge in [-0.05, 0) is 24.6 Å². The van der Waals surface area contributed by atoms with Crippen molar-refractivity contribution >= 4 is 21.8 Å². The first kappa shape index (κ1) is 16.1.